The van der Waals surface area contributed by atoms with E-state index in [9.17, 15) is 22.8 Å². The van der Waals surface area contributed by atoms with Crippen molar-refractivity contribution >= 4 is 17.6 Å². The molecule has 0 aliphatic carbocycles. The first-order chi connectivity index (χ1) is 13.2. The van der Waals surface area contributed by atoms with Gasteiger partial charge in [-0.3, -0.25) is 0 Å². The van der Waals surface area contributed by atoms with Crippen molar-refractivity contribution in [1.29, 1.82) is 0 Å². The molecule has 0 aliphatic heterocycles. The number of anilines is 1. The molecule has 2 aromatic rings. The summed E-state index contributed by atoms with van der Waals surface area (Å²) in [6, 6.07) is 11.5. The number of hydrogen-bond donors (Lipinski definition) is 2. The second-order valence-electron chi connectivity index (χ2n) is 5.50. The minimum Gasteiger partial charge on any atom is -0.487 e. The van der Waals surface area contributed by atoms with E-state index in [2.05, 4.69) is 10.1 Å². The predicted molar refractivity (Wildman–Crippen MR) is 93.6 cm³/mol. The van der Waals surface area contributed by atoms with Crippen LogP contribution in [0.4, 0.5) is 18.9 Å². The Morgan fingerprint density at radius 1 is 1.14 bits per heavy atom. The van der Waals surface area contributed by atoms with Crippen molar-refractivity contribution in [2.45, 2.75) is 12.8 Å². The molecule has 0 unspecified atom stereocenters. The van der Waals surface area contributed by atoms with Crippen molar-refractivity contribution in [3.63, 3.8) is 0 Å². The molecule has 2 aromatic carbocycles. The number of aliphatic carboxylic acids is 1. The number of carbonyl (C=O) groups is 2. The Balaban J connectivity index is 2.39. The summed E-state index contributed by atoms with van der Waals surface area (Å²) in [7, 11) is 1.01. The molecule has 2 N–H and O–H groups in total. The van der Waals surface area contributed by atoms with Crippen LogP contribution in [0.25, 0.3) is 0 Å². The van der Waals surface area contributed by atoms with Gasteiger partial charge in [0.2, 0.25) is 0 Å². The summed E-state index contributed by atoms with van der Waals surface area (Å²) in [6.45, 7) is 0.0527. The van der Waals surface area contributed by atoms with Gasteiger partial charge in [0.25, 0.3) is 0 Å². The molecule has 6 nitrogen and oxygen atoms in total. The van der Waals surface area contributed by atoms with E-state index >= 15 is 0 Å². The molecule has 0 heterocycles. The van der Waals surface area contributed by atoms with Crippen LogP contribution in [-0.4, -0.2) is 24.2 Å². The van der Waals surface area contributed by atoms with Crippen LogP contribution in [0.3, 0.4) is 0 Å². The zero-order valence-electron chi connectivity index (χ0n) is 14.6. The van der Waals surface area contributed by atoms with Gasteiger partial charge in [-0.05, 0) is 23.8 Å². The van der Waals surface area contributed by atoms with Crippen molar-refractivity contribution in [3.05, 3.63) is 71.4 Å². The lowest BCUT2D eigenvalue weighted by Crippen LogP contribution is -2.16. The molecule has 0 saturated heterocycles. The summed E-state index contributed by atoms with van der Waals surface area (Å²) in [6.07, 6.45) is -4.15. The topological polar surface area (TPSA) is 84.9 Å². The highest BCUT2D eigenvalue weighted by atomic mass is 19.4. The lowest BCUT2D eigenvalue weighted by molar-refractivity contribution is -0.137. The molecule has 0 radical (unpaired) electrons. The highest BCUT2D eigenvalue weighted by Crippen LogP contribution is 2.36. The van der Waals surface area contributed by atoms with Gasteiger partial charge in [0.15, 0.2) is 0 Å². The zero-order chi connectivity index (χ0) is 20.7. The van der Waals surface area contributed by atoms with Gasteiger partial charge in [-0.15, -0.1) is 0 Å². The number of methoxy groups -OCH3 is 1. The van der Waals surface area contributed by atoms with E-state index in [-0.39, 0.29) is 18.0 Å². The molecular weight excluding hydrogens is 379 g/mol. The number of esters is 1. The Bertz CT molecular complexity index is 879. The molecule has 0 bridgehead atoms. The quantitative estimate of drug-likeness (QED) is 0.547. The van der Waals surface area contributed by atoms with Crippen molar-refractivity contribution in [1.82, 2.24) is 0 Å². The van der Waals surface area contributed by atoms with Gasteiger partial charge in [0.1, 0.15) is 18.1 Å². The SMILES string of the molecule is COC(=O)C(=CC(=O)O)Nc1cc(C(F)(F)F)ccc1OCc1ccccc1. The van der Waals surface area contributed by atoms with E-state index in [1.54, 1.807) is 30.3 Å². The summed E-state index contributed by atoms with van der Waals surface area (Å²) < 4.78 is 49.2. The third-order valence-corrected chi connectivity index (χ3v) is 3.49. The maximum atomic E-state index is 13.1. The van der Waals surface area contributed by atoms with Crippen LogP contribution in [0, 0.1) is 0 Å². The van der Waals surface area contributed by atoms with Gasteiger partial charge < -0.3 is 19.9 Å². The van der Waals surface area contributed by atoms with E-state index in [4.69, 9.17) is 9.84 Å². The minimum atomic E-state index is -4.64. The van der Waals surface area contributed by atoms with E-state index in [1.807, 2.05) is 0 Å². The lowest BCUT2D eigenvalue weighted by Gasteiger charge is -2.17. The lowest BCUT2D eigenvalue weighted by atomic mass is 10.1. The summed E-state index contributed by atoms with van der Waals surface area (Å²) in [5.74, 6) is -2.54. The van der Waals surface area contributed by atoms with E-state index in [0.29, 0.717) is 6.08 Å². The van der Waals surface area contributed by atoms with Gasteiger partial charge in [-0.1, -0.05) is 30.3 Å². The number of carbonyl (C=O) groups excluding carboxylic acids is 1. The van der Waals surface area contributed by atoms with Crippen molar-refractivity contribution in [2.75, 3.05) is 12.4 Å². The van der Waals surface area contributed by atoms with Crippen molar-refractivity contribution in [2.24, 2.45) is 0 Å². The van der Waals surface area contributed by atoms with Crippen LogP contribution in [0.5, 0.6) is 5.75 Å². The molecule has 0 aromatic heterocycles. The van der Waals surface area contributed by atoms with Crippen LogP contribution >= 0.6 is 0 Å². The van der Waals surface area contributed by atoms with E-state index < -0.39 is 29.4 Å². The number of nitrogens with one attached hydrogen (secondary N) is 1. The third kappa shape index (κ3) is 5.76. The fourth-order valence-electron chi connectivity index (χ4n) is 2.19. The number of benzene rings is 2. The highest BCUT2D eigenvalue weighted by molar-refractivity contribution is 5.98. The van der Waals surface area contributed by atoms with Crippen LogP contribution in [0.15, 0.2) is 60.3 Å². The third-order valence-electron chi connectivity index (χ3n) is 3.49. The van der Waals surface area contributed by atoms with Gasteiger partial charge in [0, 0.05) is 0 Å². The number of alkyl halides is 3. The van der Waals surface area contributed by atoms with E-state index in [0.717, 1.165) is 30.9 Å². The number of hydrogen-bond acceptors (Lipinski definition) is 5. The molecule has 9 heteroatoms. The Labute approximate surface area is 158 Å². The summed E-state index contributed by atoms with van der Waals surface area (Å²) in [5, 5.41) is 11.2. The van der Waals surface area contributed by atoms with E-state index in [1.165, 1.54) is 0 Å². The fraction of sp³-hybridized carbons (Fsp3) is 0.158. The number of halogens is 3. The van der Waals surface area contributed by atoms with Gasteiger partial charge in [-0.2, -0.15) is 13.2 Å². The van der Waals surface area contributed by atoms with Crippen LogP contribution in [-0.2, 0) is 27.1 Å². The average Bonchev–Trinajstić information content (AvgIpc) is 2.65. The molecule has 0 saturated carbocycles. The summed E-state index contributed by atoms with van der Waals surface area (Å²) in [5.41, 5.74) is -1.02. The molecule has 0 aliphatic rings. The molecule has 28 heavy (non-hydrogen) atoms. The molecule has 0 amide bonds. The monoisotopic (exact) mass is 395 g/mol. The Hall–Kier alpha value is -3.49. The van der Waals surface area contributed by atoms with Gasteiger partial charge >= 0.3 is 18.1 Å². The Kier molecular flexibility index (Phi) is 6.64. The minimum absolute atomic E-state index is 0.00274. The predicted octanol–water partition coefficient (Wildman–Crippen LogP) is 3.84. The normalized spacial score (nSPS) is 11.6. The maximum absolute atomic E-state index is 13.1. The van der Waals surface area contributed by atoms with Crippen LogP contribution < -0.4 is 10.1 Å². The molecule has 0 fully saturated rings. The first kappa shape index (κ1) is 20.8. The highest BCUT2D eigenvalue weighted by Gasteiger charge is 2.31. The molecule has 0 spiro atoms. The number of carboxylic acids is 1. The Morgan fingerprint density at radius 3 is 2.39 bits per heavy atom. The molecule has 148 valence electrons. The number of rotatable bonds is 7. The van der Waals surface area contributed by atoms with Crippen LogP contribution in [0.2, 0.25) is 0 Å². The zero-order valence-corrected chi connectivity index (χ0v) is 14.6. The largest absolute Gasteiger partial charge is 0.487 e. The number of ether oxygens (including phenoxy) is 2. The van der Waals surface area contributed by atoms with Gasteiger partial charge in [0.05, 0.1) is 24.4 Å². The number of carboxylic acid groups (broad SMARTS) is 1. The smallest absolute Gasteiger partial charge is 0.416 e. The fourth-order valence-corrected chi connectivity index (χ4v) is 2.19. The Morgan fingerprint density at radius 2 is 1.82 bits per heavy atom. The van der Waals surface area contributed by atoms with Gasteiger partial charge in [-0.25, -0.2) is 9.59 Å². The molecule has 0 atom stereocenters. The summed E-state index contributed by atoms with van der Waals surface area (Å²) in [4.78, 5) is 22.7. The molecule has 2 rings (SSSR count). The first-order valence-corrected chi connectivity index (χ1v) is 7.88. The maximum Gasteiger partial charge on any atom is 0.416 e. The molecular formula is C19H16F3NO5. The summed E-state index contributed by atoms with van der Waals surface area (Å²) >= 11 is 0. The van der Waals surface area contributed by atoms with Crippen molar-refractivity contribution < 1.29 is 37.3 Å². The van der Waals surface area contributed by atoms with Crippen LogP contribution in [0.1, 0.15) is 11.1 Å². The second kappa shape index (κ2) is 8.94. The standard InChI is InChI=1S/C19H16F3NO5/c1-27-18(26)15(10-17(24)25)23-14-9-13(19(20,21)22)7-8-16(14)28-11-12-5-3-2-4-6-12/h2-10,23H,11H2,1H3,(H,24,25). The van der Waals surface area contributed by atoms with Crippen molar-refractivity contribution in [3.8, 4) is 5.75 Å². The average molecular weight is 395 g/mol. The second-order valence-corrected chi connectivity index (χ2v) is 5.50. The first-order valence-electron chi connectivity index (χ1n) is 7.88.